The van der Waals surface area contributed by atoms with Gasteiger partial charge in [0.2, 0.25) is 0 Å². The van der Waals surface area contributed by atoms with Crippen molar-refractivity contribution >= 4 is 28.2 Å². The molecule has 102 valence electrons. The largest absolute Gasteiger partial charge is 0.496 e. The molecule has 3 nitrogen and oxygen atoms in total. The minimum Gasteiger partial charge on any atom is -0.496 e. The summed E-state index contributed by atoms with van der Waals surface area (Å²) in [5.74, 6) is 2.42. The second kappa shape index (κ2) is 6.62. The Hall–Kier alpha value is -1.48. The zero-order valence-corrected chi connectivity index (χ0v) is 12.1. The van der Waals surface area contributed by atoms with Crippen molar-refractivity contribution in [2.24, 2.45) is 0 Å². The normalized spacial score (nSPS) is 12.4. The van der Waals surface area contributed by atoms with Gasteiger partial charge in [0.05, 0.1) is 7.11 Å². The molecule has 0 aliphatic carbocycles. The average molecular weight is 279 g/mol. The molecule has 1 aromatic heterocycles. The molecule has 2 aromatic rings. The monoisotopic (exact) mass is 278 g/mol. The molecule has 0 bridgehead atoms. The zero-order valence-electron chi connectivity index (χ0n) is 11.3. The lowest BCUT2D eigenvalue weighted by molar-refractivity contribution is 0.420. The number of nitrogens with zero attached hydrogens (tertiary/aromatic N) is 1. The SMILES string of the molecule is CCC(CCCl)Nc1nccc2c(OC)cccc12. The van der Waals surface area contributed by atoms with Gasteiger partial charge in [0, 0.05) is 28.9 Å². The Morgan fingerprint density at radius 1 is 1.32 bits per heavy atom. The number of hydrogen-bond acceptors (Lipinski definition) is 3. The molecule has 1 unspecified atom stereocenters. The van der Waals surface area contributed by atoms with E-state index in [1.54, 1.807) is 13.3 Å². The predicted octanol–water partition coefficient (Wildman–Crippen LogP) is 4.06. The maximum absolute atomic E-state index is 5.83. The van der Waals surface area contributed by atoms with Gasteiger partial charge >= 0.3 is 0 Å². The van der Waals surface area contributed by atoms with Gasteiger partial charge in [-0.15, -0.1) is 11.6 Å². The second-order valence-electron chi connectivity index (χ2n) is 4.44. The maximum Gasteiger partial charge on any atom is 0.134 e. The molecule has 1 heterocycles. The van der Waals surface area contributed by atoms with Crippen LogP contribution in [0.2, 0.25) is 0 Å². The van der Waals surface area contributed by atoms with Crippen LogP contribution in [0.15, 0.2) is 30.5 Å². The van der Waals surface area contributed by atoms with E-state index in [0.717, 1.165) is 35.2 Å². The fraction of sp³-hybridized carbons (Fsp3) is 0.400. The van der Waals surface area contributed by atoms with Crippen molar-refractivity contribution in [2.45, 2.75) is 25.8 Å². The van der Waals surface area contributed by atoms with E-state index in [2.05, 4.69) is 23.3 Å². The average Bonchev–Trinajstić information content (AvgIpc) is 2.46. The highest BCUT2D eigenvalue weighted by molar-refractivity contribution is 6.17. The summed E-state index contributed by atoms with van der Waals surface area (Å²) in [5.41, 5.74) is 0. The summed E-state index contributed by atoms with van der Waals surface area (Å²) in [5, 5.41) is 5.62. The van der Waals surface area contributed by atoms with Gasteiger partial charge in [0.1, 0.15) is 11.6 Å². The fourth-order valence-electron chi connectivity index (χ4n) is 2.17. The number of aromatic nitrogens is 1. The summed E-state index contributed by atoms with van der Waals surface area (Å²) in [6.45, 7) is 2.15. The molecule has 1 aromatic carbocycles. The number of fused-ring (bicyclic) bond motifs is 1. The summed E-state index contributed by atoms with van der Waals surface area (Å²) in [7, 11) is 1.69. The predicted molar refractivity (Wildman–Crippen MR) is 81.3 cm³/mol. The highest BCUT2D eigenvalue weighted by atomic mass is 35.5. The van der Waals surface area contributed by atoms with Gasteiger partial charge in [-0.25, -0.2) is 4.98 Å². The lowest BCUT2D eigenvalue weighted by Gasteiger charge is -2.18. The topological polar surface area (TPSA) is 34.2 Å². The standard InChI is InChI=1S/C15H19ClN2O/c1-3-11(7-9-16)18-15-13-5-4-6-14(19-2)12(13)8-10-17-15/h4-6,8,10-11H,3,7,9H2,1-2H3,(H,17,18). The Morgan fingerprint density at radius 3 is 2.84 bits per heavy atom. The van der Waals surface area contributed by atoms with E-state index in [1.165, 1.54) is 0 Å². The van der Waals surface area contributed by atoms with E-state index in [-0.39, 0.29) is 0 Å². The molecule has 4 heteroatoms. The smallest absolute Gasteiger partial charge is 0.134 e. The Morgan fingerprint density at radius 2 is 2.16 bits per heavy atom. The van der Waals surface area contributed by atoms with E-state index >= 15 is 0 Å². The molecule has 0 saturated heterocycles. The number of methoxy groups -OCH3 is 1. The van der Waals surface area contributed by atoms with Gasteiger partial charge in [0.15, 0.2) is 0 Å². The van der Waals surface area contributed by atoms with Gasteiger partial charge < -0.3 is 10.1 Å². The Labute approximate surface area is 118 Å². The second-order valence-corrected chi connectivity index (χ2v) is 4.82. The van der Waals surface area contributed by atoms with E-state index in [1.807, 2.05) is 18.2 Å². The van der Waals surface area contributed by atoms with Crippen LogP contribution in [0.4, 0.5) is 5.82 Å². The Balaban J connectivity index is 2.38. The first-order valence-corrected chi connectivity index (χ1v) is 7.07. The number of alkyl halides is 1. The third-order valence-electron chi connectivity index (χ3n) is 3.28. The summed E-state index contributed by atoms with van der Waals surface area (Å²) in [4.78, 5) is 4.44. The Kier molecular flexibility index (Phi) is 4.86. The van der Waals surface area contributed by atoms with Crippen LogP contribution in [0.3, 0.4) is 0 Å². The Bertz CT molecular complexity index is 545. The third kappa shape index (κ3) is 3.10. The molecule has 0 fully saturated rings. The van der Waals surface area contributed by atoms with Crippen molar-refractivity contribution < 1.29 is 4.74 Å². The molecule has 0 amide bonds. The minimum absolute atomic E-state index is 0.349. The van der Waals surface area contributed by atoms with Crippen molar-refractivity contribution in [2.75, 3.05) is 18.3 Å². The third-order valence-corrected chi connectivity index (χ3v) is 3.50. The molecule has 1 atom stereocenters. The number of rotatable bonds is 6. The molecule has 0 radical (unpaired) electrons. The van der Waals surface area contributed by atoms with E-state index in [0.29, 0.717) is 11.9 Å². The minimum atomic E-state index is 0.349. The number of anilines is 1. The first-order valence-electron chi connectivity index (χ1n) is 6.54. The number of benzene rings is 1. The van der Waals surface area contributed by atoms with Crippen LogP contribution in [0.25, 0.3) is 10.8 Å². The molecule has 1 N–H and O–H groups in total. The van der Waals surface area contributed by atoms with Gasteiger partial charge in [-0.05, 0) is 25.0 Å². The van der Waals surface area contributed by atoms with Crippen molar-refractivity contribution in [3.63, 3.8) is 0 Å². The van der Waals surface area contributed by atoms with Gasteiger partial charge in [0.25, 0.3) is 0 Å². The van der Waals surface area contributed by atoms with E-state index < -0.39 is 0 Å². The number of halogens is 1. The van der Waals surface area contributed by atoms with Gasteiger partial charge in [-0.2, -0.15) is 0 Å². The highest BCUT2D eigenvalue weighted by Crippen LogP contribution is 2.29. The van der Waals surface area contributed by atoms with Crippen LogP contribution in [0, 0.1) is 0 Å². The fourth-order valence-corrected chi connectivity index (χ4v) is 2.44. The van der Waals surface area contributed by atoms with Crippen molar-refractivity contribution in [1.82, 2.24) is 4.98 Å². The highest BCUT2D eigenvalue weighted by Gasteiger charge is 2.10. The summed E-state index contributed by atoms with van der Waals surface area (Å²) >= 11 is 5.83. The van der Waals surface area contributed by atoms with Crippen LogP contribution in [-0.2, 0) is 0 Å². The van der Waals surface area contributed by atoms with Gasteiger partial charge in [-0.3, -0.25) is 0 Å². The maximum atomic E-state index is 5.83. The molecule has 0 aliphatic heterocycles. The molecule has 2 rings (SSSR count). The van der Waals surface area contributed by atoms with Crippen molar-refractivity contribution in [3.8, 4) is 5.75 Å². The molecular formula is C15H19ClN2O. The van der Waals surface area contributed by atoms with Crippen LogP contribution >= 0.6 is 11.6 Å². The summed E-state index contributed by atoms with van der Waals surface area (Å²) < 4.78 is 5.38. The summed E-state index contributed by atoms with van der Waals surface area (Å²) in [6, 6.07) is 8.32. The lowest BCUT2D eigenvalue weighted by Crippen LogP contribution is -2.19. The molecule has 19 heavy (non-hydrogen) atoms. The quantitative estimate of drug-likeness (QED) is 0.809. The zero-order chi connectivity index (χ0) is 13.7. The molecular weight excluding hydrogens is 260 g/mol. The van der Waals surface area contributed by atoms with Crippen molar-refractivity contribution in [1.29, 1.82) is 0 Å². The lowest BCUT2D eigenvalue weighted by atomic mass is 10.1. The van der Waals surface area contributed by atoms with Crippen molar-refractivity contribution in [3.05, 3.63) is 30.5 Å². The van der Waals surface area contributed by atoms with Crippen LogP contribution in [0.5, 0.6) is 5.75 Å². The first kappa shape index (κ1) is 13.9. The summed E-state index contributed by atoms with van der Waals surface area (Å²) in [6.07, 6.45) is 3.76. The first-order chi connectivity index (χ1) is 9.30. The van der Waals surface area contributed by atoms with Crippen LogP contribution in [-0.4, -0.2) is 24.0 Å². The van der Waals surface area contributed by atoms with Crippen LogP contribution in [0.1, 0.15) is 19.8 Å². The molecule has 0 spiro atoms. The van der Waals surface area contributed by atoms with Crippen LogP contribution < -0.4 is 10.1 Å². The molecule has 0 saturated carbocycles. The number of hydrogen-bond donors (Lipinski definition) is 1. The molecule has 0 aliphatic rings. The van der Waals surface area contributed by atoms with Gasteiger partial charge in [-0.1, -0.05) is 19.1 Å². The number of ether oxygens (including phenoxy) is 1. The van der Waals surface area contributed by atoms with E-state index in [4.69, 9.17) is 16.3 Å². The number of pyridine rings is 1. The number of nitrogens with one attached hydrogen (secondary N) is 1. The van der Waals surface area contributed by atoms with E-state index in [9.17, 15) is 0 Å².